The number of aromatic nitrogens is 2. The van der Waals surface area contributed by atoms with Crippen molar-refractivity contribution in [2.75, 3.05) is 20.3 Å². The second-order valence-corrected chi connectivity index (χ2v) is 6.33. The van der Waals surface area contributed by atoms with Crippen LogP contribution in [-0.2, 0) is 4.74 Å². The topological polar surface area (TPSA) is 60.1 Å². The maximum atomic E-state index is 14.1. The fraction of sp³-hybridized carbons (Fsp3) is 0.474. The summed E-state index contributed by atoms with van der Waals surface area (Å²) in [5.41, 5.74) is 2.05. The molecular formula is C19H24FN3O2. The van der Waals surface area contributed by atoms with E-state index in [1.54, 1.807) is 13.3 Å². The monoisotopic (exact) mass is 345 g/mol. The average Bonchev–Trinajstić information content (AvgIpc) is 3.32. The molecule has 0 bridgehead atoms. The Morgan fingerprint density at radius 2 is 2.16 bits per heavy atom. The molecule has 0 saturated heterocycles. The molecular weight excluding hydrogens is 321 g/mol. The van der Waals surface area contributed by atoms with Crippen LogP contribution in [0, 0.1) is 11.2 Å². The first-order valence-electron chi connectivity index (χ1n) is 8.68. The van der Waals surface area contributed by atoms with Crippen LogP contribution in [0.5, 0.6) is 5.75 Å². The molecule has 1 aliphatic rings. The summed E-state index contributed by atoms with van der Waals surface area (Å²) in [5, 5.41) is 13.0. The molecule has 1 atom stereocenters. The minimum atomic E-state index is -0.355. The van der Waals surface area contributed by atoms with Gasteiger partial charge in [0.1, 0.15) is 18.2 Å². The fourth-order valence-electron chi connectivity index (χ4n) is 3.03. The molecule has 1 fully saturated rings. The summed E-state index contributed by atoms with van der Waals surface area (Å²) in [6, 6.07) is 6.95. The van der Waals surface area contributed by atoms with Crippen molar-refractivity contribution in [1.82, 2.24) is 9.78 Å². The van der Waals surface area contributed by atoms with E-state index in [0.717, 1.165) is 24.1 Å². The minimum absolute atomic E-state index is 0.199. The van der Waals surface area contributed by atoms with Crippen LogP contribution in [0.4, 0.5) is 4.39 Å². The Labute approximate surface area is 147 Å². The lowest BCUT2D eigenvalue weighted by molar-refractivity contribution is 0.146. The maximum Gasteiger partial charge on any atom is 0.127 e. The molecule has 0 unspecified atom stereocenters. The summed E-state index contributed by atoms with van der Waals surface area (Å²) in [7, 11) is 1.60. The molecule has 5 nitrogen and oxygen atoms in total. The summed E-state index contributed by atoms with van der Waals surface area (Å²) in [6.07, 6.45) is 4.65. The number of benzene rings is 1. The molecule has 1 aliphatic carbocycles. The van der Waals surface area contributed by atoms with Crippen LogP contribution in [0.15, 0.2) is 30.5 Å². The molecule has 0 radical (unpaired) electrons. The lowest BCUT2D eigenvalue weighted by atomic mass is 9.89. The van der Waals surface area contributed by atoms with Crippen molar-refractivity contribution in [2.24, 2.45) is 0 Å². The lowest BCUT2D eigenvalue weighted by Gasteiger charge is -2.19. The number of ether oxygens (including phenoxy) is 2. The number of hydrogen-bond acceptors (Lipinski definition) is 4. The highest BCUT2D eigenvalue weighted by atomic mass is 19.1. The standard InChI is InChI=1S/C19H24FN3O2/c1-3-17(19(21)18-6-7-22-23(18)15-4-5-15)13-10-14(20)12-16(11-13)25-9-8-24-2/h6-7,10-12,15,17,21H,3-5,8-9H2,1-2H3/t17-/m1/s1. The number of halogens is 1. The SMILES string of the molecule is CC[C@@H](C(=N)c1ccnn1C1CC1)c1cc(F)cc(OCCOC)c1. The third kappa shape index (κ3) is 4.07. The quantitative estimate of drug-likeness (QED) is 0.553. The van der Waals surface area contributed by atoms with E-state index in [4.69, 9.17) is 14.9 Å². The summed E-state index contributed by atoms with van der Waals surface area (Å²) >= 11 is 0. The van der Waals surface area contributed by atoms with E-state index in [-0.39, 0.29) is 11.7 Å². The van der Waals surface area contributed by atoms with E-state index < -0.39 is 0 Å². The Balaban J connectivity index is 1.84. The lowest BCUT2D eigenvalue weighted by Crippen LogP contribution is -2.17. The molecule has 3 rings (SSSR count). The van der Waals surface area contributed by atoms with Crippen molar-refractivity contribution in [3.8, 4) is 5.75 Å². The summed E-state index contributed by atoms with van der Waals surface area (Å²) in [4.78, 5) is 0. The minimum Gasteiger partial charge on any atom is -0.491 e. The van der Waals surface area contributed by atoms with Gasteiger partial charge in [0.25, 0.3) is 0 Å². The van der Waals surface area contributed by atoms with Crippen LogP contribution in [0.1, 0.15) is 49.4 Å². The van der Waals surface area contributed by atoms with E-state index >= 15 is 0 Å². The second kappa shape index (κ2) is 7.78. The highest BCUT2D eigenvalue weighted by Crippen LogP contribution is 2.36. The second-order valence-electron chi connectivity index (χ2n) is 6.33. The normalized spacial score (nSPS) is 15.2. The molecule has 1 aromatic carbocycles. The van der Waals surface area contributed by atoms with Crippen LogP contribution < -0.4 is 4.74 Å². The molecule has 1 aromatic heterocycles. The third-order valence-electron chi connectivity index (χ3n) is 4.45. The first-order valence-corrected chi connectivity index (χ1v) is 8.68. The number of nitrogens with one attached hydrogen (secondary N) is 1. The van der Waals surface area contributed by atoms with E-state index in [9.17, 15) is 4.39 Å². The Morgan fingerprint density at radius 3 is 2.84 bits per heavy atom. The molecule has 0 amide bonds. The first-order chi connectivity index (χ1) is 12.1. The van der Waals surface area contributed by atoms with E-state index in [2.05, 4.69) is 5.10 Å². The third-order valence-corrected chi connectivity index (χ3v) is 4.45. The molecule has 1 N–H and O–H groups in total. The summed E-state index contributed by atoms with van der Waals surface area (Å²) < 4.78 is 26.5. The zero-order valence-corrected chi connectivity index (χ0v) is 14.7. The van der Waals surface area contributed by atoms with Gasteiger partial charge in [-0.25, -0.2) is 4.39 Å². The van der Waals surface area contributed by atoms with Crippen molar-refractivity contribution >= 4 is 5.71 Å². The maximum absolute atomic E-state index is 14.1. The van der Waals surface area contributed by atoms with Gasteiger partial charge >= 0.3 is 0 Å². The Morgan fingerprint density at radius 1 is 1.36 bits per heavy atom. The van der Waals surface area contributed by atoms with Gasteiger partial charge in [0.15, 0.2) is 0 Å². The van der Waals surface area contributed by atoms with Crippen molar-refractivity contribution < 1.29 is 13.9 Å². The Bertz CT molecular complexity index is 740. The molecule has 1 saturated carbocycles. The van der Waals surface area contributed by atoms with Crippen LogP contribution in [0.3, 0.4) is 0 Å². The van der Waals surface area contributed by atoms with Crippen molar-refractivity contribution in [3.05, 3.63) is 47.5 Å². The van der Waals surface area contributed by atoms with Crippen LogP contribution in [0.25, 0.3) is 0 Å². The van der Waals surface area contributed by atoms with Gasteiger partial charge in [0.05, 0.1) is 24.1 Å². The summed E-state index contributed by atoms with van der Waals surface area (Å²) in [6.45, 7) is 2.81. The Hall–Kier alpha value is -2.21. The van der Waals surface area contributed by atoms with Crippen molar-refractivity contribution in [2.45, 2.75) is 38.1 Å². The number of rotatable bonds is 9. The Kier molecular flexibility index (Phi) is 5.48. The molecule has 1 heterocycles. The predicted molar refractivity (Wildman–Crippen MR) is 94.1 cm³/mol. The fourth-order valence-corrected chi connectivity index (χ4v) is 3.03. The number of hydrogen-bond donors (Lipinski definition) is 1. The van der Waals surface area contributed by atoms with Gasteiger partial charge in [-0.05, 0) is 43.0 Å². The smallest absolute Gasteiger partial charge is 0.127 e. The van der Waals surface area contributed by atoms with E-state index in [1.165, 1.54) is 12.1 Å². The highest BCUT2D eigenvalue weighted by molar-refractivity contribution is 6.01. The van der Waals surface area contributed by atoms with Crippen LogP contribution in [0.2, 0.25) is 0 Å². The van der Waals surface area contributed by atoms with Gasteiger partial charge < -0.3 is 14.9 Å². The van der Waals surface area contributed by atoms with Gasteiger partial charge in [-0.3, -0.25) is 4.68 Å². The zero-order valence-electron chi connectivity index (χ0n) is 14.7. The molecule has 0 spiro atoms. The first kappa shape index (κ1) is 17.6. The number of methoxy groups -OCH3 is 1. The van der Waals surface area contributed by atoms with Crippen LogP contribution >= 0.6 is 0 Å². The molecule has 2 aromatic rings. The largest absolute Gasteiger partial charge is 0.491 e. The summed E-state index contributed by atoms with van der Waals surface area (Å²) in [5.74, 6) is -0.0875. The van der Waals surface area contributed by atoms with Gasteiger partial charge in [-0.1, -0.05) is 6.92 Å². The molecule has 134 valence electrons. The van der Waals surface area contributed by atoms with Gasteiger partial charge in [0.2, 0.25) is 0 Å². The van der Waals surface area contributed by atoms with E-state index in [0.29, 0.717) is 37.1 Å². The zero-order chi connectivity index (χ0) is 17.8. The molecule has 6 heteroatoms. The van der Waals surface area contributed by atoms with Crippen molar-refractivity contribution in [3.63, 3.8) is 0 Å². The molecule has 0 aliphatic heterocycles. The van der Waals surface area contributed by atoms with Gasteiger partial charge in [-0.2, -0.15) is 5.10 Å². The average molecular weight is 345 g/mol. The predicted octanol–water partition coefficient (Wildman–Crippen LogP) is 3.94. The van der Waals surface area contributed by atoms with Crippen molar-refractivity contribution in [1.29, 1.82) is 5.41 Å². The van der Waals surface area contributed by atoms with Gasteiger partial charge in [-0.15, -0.1) is 0 Å². The highest BCUT2D eigenvalue weighted by Gasteiger charge is 2.29. The van der Waals surface area contributed by atoms with E-state index in [1.807, 2.05) is 23.7 Å². The number of nitrogens with zero attached hydrogens (tertiary/aromatic N) is 2. The van der Waals surface area contributed by atoms with Crippen LogP contribution in [-0.4, -0.2) is 35.8 Å². The molecule has 25 heavy (non-hydrogen) atoms. The van der Waals surface area contributed by atoms with Gasteiger partial charge in [0, 0.05) is 25.3 Å².